The second-order valence-corrected chi connectivity index (χ2v) is 8.68. The number of alkyl halides is 4. The third-order valence-electron chi connectivity index (χ3n) is 6.49. The van der Waals surface area contributed by atoms with E-state index < -0.39 is 17.4 Å². The number of nitrogens with two attached hydrogens (primary N) is 1. The Kier molecular flexibility index (Phi) is 3.82. The van der Waals surface area contributed by atoms with Crippen LogP contribution in [0.5, 0.6) is 0 Å². The second-order valence-electron chi connectivity index (χ2n) is 8.68. The van der Waals surface area contributed by atoms with Gasteiger partial charge in [-0.2, -0.15) is 8.78 Å². The van der Waals surface area contributed by atoms with Gasteiger partial charge in [0, 0.05) is 43.0 Å². The van der Waals surface area contributed by atoms with E-state index in [-0.39, 0.29) is 37.4 Å². The van der Waals surface area contributed by atoms with Gasteiger partial charge < -0.3 is 10.6 Å². The van der Waals surface area contributed by atoms with Crippen molar-refractivity contribution in [1.82, 2.24) is 9.97 Å². The van der Waals surface area contributed by atoms with Gasteiger partial charge in [0.25, 0.3) is 11.8 Å². The first-order valence-electron chi connectivity index (χ1n) is 9.92. The summed E-state index contributed by atoms with van der Waals surface area (Å²) in [5.41, 5.74) is 7.15. The highest BCUT2D eigenvalue weighted by Gasteiger charge is 2.55. The summed E-state index contributed by atoms with van der Waals surface area (Å²) in [7, 11) is 0. The van der Waals surface area contributed by atoms with E-state index >= 15 is 0 Å². The lowest BCUT2D eigenvalue weighted by molar-refractivity contribution is -0.125. The van der Waals surface area contributed by atoms with Crippen molar-refractivity contribution >= 4 is 5.95 Å². The molecule has 3 aliphatic rings. The van der Waals surface area contributed by atoms with Gasteiger partial charge in [-0.3, -0.25) is 0 Å². The molecule has 2 N–H and O–H groups in total. The zero-order valence-corrected chi connectivity index (χ0v) is 16.1. The maximum Gasteiger partial charge on any atom is 0.290 e. The van der Waals surface area contributed by atoms with Gasteiger partial charge in [0.15, 0.2) is 0 Å². The monoisotopic (exact) mass is 406 g/mol. The number of hydrogen-bond donors (Lipinski definition) is 1. The molecule has 1 aromatic carbocycles. The summed E-state index contributed by atoms with van der Waals surface area (Å²) >= 11 is 0. The highest BCUT2D eigenvalue weighted by atomic mass is 19.3. The van der Waals surface area contributed by atoms with Crippen LogP contribution in [0.1, 0.15) is 49.4 Å². The van der Waals surface area contributed by atoms with Crippen LogP contribution in [0.4, 0.5) is 23.5 Å². The van der Waals surface area contributed by atoms with Crippen molar-refractivity contribution in [3.8, 4) is 11.3 Å². The van der Waals surface area contributed by atoms with E-state index in [0.29, 0.717) is 28.3 Å². The highest BCUT2D eigenvalue weighted by Crippen LogP contribution is 2.50. The number of hydrogen-bond acceptors (Lipinski definition) is 4. The fourth-order valence-corrected chi connectivity index (χ4v) is 4.63. The molecule has 1 saturated heterocycles. The average Bonchev–Trinajstić information content (AvgIpc) is 2.93. The molecule has 2 aliphatic carbocycles. The molecule has 2 fully saturated rings. The van der Waals surface area contributed by atoms with Gasteiger partial charge in [0.05, 0.1) is 11.2 Å². The van der Waals surface area contributed by atoms with Gasteiger partial charge >= 0.3 is 0 Å². The predicted molar refractivity (Wildman–Crippen MR) is 101 cm³/mol. The quantitative estimate of drug-likeness (QED) is 0.770. The predicted octanol–water partition coefficient (Wildman–Crippen LogP) is 4.36. The topological polar surface area (TPSA) is 55.0 Å². The number of fused-ring (bicyclic) bond motifs is 1. The molecule has 1 aromatic heterocycles. The lowest BCUT2D eigenvalue weighted by Crippen LogP contribution is -2.55. The molecule has 0 spiro atoms. The van der Waals surface area contributed by atoms with Gasteiger partial charge in [-0.1, -0.05) is 24.3 Å². The van der Waals surface area contributed by atoms with Crippen LogP contribution in [0.15, 0.2) is 24.3 Å². The van der Waals surface area contributed by atoms with Crippen LogP contribution in [0.3, 0.4) is 0 Å². The van der Waals surface area contributed by atoms with Crippen LogP contribution in [0.2, 0.25) is 0 Å². The highest BCUT2D eigenvalue weighted by molar-refractivity contribution is 5.67. The smallest absolute Gasteiger partial charge is 0.290 e. The minimum atomic E-state index is -2.96. The van der Waals surface area contributed by atoms with Crippen LogP contribution in [-0.4, -0.2) is 28.5 Å². The molecule has 1 aliphatic heterocycles. The van der Waals surface area contributed by atoms with E-state index in [2.05, 4.69) is 9.97 Å². The maximum absolute atomic E-state index is 14.4. The standard InChI is InChI=1S/C21H22F4N4/c1-12-7-9-29(12)18-27-16(15-6-8-21(24,25)17(15)28-18)13-2-4-14(5-3-13)19(26)10-20(22,23)11-19/h2-5,12H,6-11,26H2,1H3/t12-/m0/s1. The van der Waals surface area contributed by atoms with Crippen LogP contribution in [0.25, 0.3) is 11.3 Å². The summed E-state index contributed by atoms with van der Waals surface area (Å²) in [6.07, 6.45) is 0.144. The Labute approximate surface area is 166 Å². The van der Waals surface area contributed by atoms with Crippen molar-refractivity contribution in [3.05, 3.63) is 41.1 Å². The number of nitrogens with zero attached hydrogens (tertiary/aromatic N) is 3. The lowest BCUT2D eigenvalue weighted by Gasteiger charge is -2.44. The van der Waals surface area contributed by atoms with Crippen molar-refractivity contribution in [1.29, 1.82) is 0 Å². The van der Waals surface area contributed by atoms with E-state index in [0.717, 1.165) is 13.0 Å². The van der Waals surface area contributed by atoms with E-state index in [1.165, 1.54) is 0 Å². The third-order valence-corrected chi connectivity index (χ3v) is 6.49. The molecule has 1 atom stereocenters. The summed E-state index contributed by atoms with van der Waals surface area (Å²) in [4.78, 5) is 10.8. The number of anilines is 1. The Bertz CT molecular complexity index is 965. The van der Waals surface area contributed by atoms with Gasteiger partial charge in [0.1, 0.15) is 5.69 Å². The average molecular weight is 406 g/mol. The SMILES string of the molecule is C[C@H]1CCN1c1nc(-c2ccc(C3(N)CC(F)(F)C3)cc2)c2c(n1)C(F)(F)CC2. The second kappa shape index (κ2) is 5.90. The molecule has 0 bridgehead atoms. The molecular formula is C21H22F4N4. The molecule has 0 radical (unpaired) electrons. The Balaban J connectivity index is 1.54. The number of rotatable bonds is 3. The van der Waals surface area contributed by atoms with Crippen LogP contribution < -0.4 is 10.6 Å². The summed E-state index contributed by atoms with van der Waals surface area (Å²) in [6, 6.07) is 7.11. The number of halogens is 4. The van der Waals surface area contributed by atoms with Gasteiger partial charge in [-0.25, -0.2) is 18.7 Å². The Hall–Kier alpha value is -2.22. The minimum absolute atomic E-state index is 0.186. The van der Waals surface area contributed by atoms with E-state index in [1.54, 1.807) is 24.3 Å². The van der Waals surface area contributed by atoms with E-state index in [4.69, 9.17) is 5.73 Å². The van der Waals surface area contributed by atoms with Crippen LogP contribution in [-0.2, 0) is 17.9 Å². The van der Waals surface area contributed by atoms with Crippen molar-refractivity contribution in [2.45, 2.75) is 62.5 Å². The first kappa shape index (κ1) is 18.8. The minimum Gasteiger partial charge on any atom is -0.338 e. The number of aromatic nitrogens is 2. The van der Waals surface area contributed by atoms with E-state index in [1.807, 2.05) is 11.8 Å². The summed E-state index contributed by atoms with van der Waals surface area (Å²) in [5.74, 6) is -5.36. The largest absolute Gasteiger partial charge is 0.338 e. The normalized spacial score (nSPS) is 25.9. The van der Waals surface area contributed by atoms with Gasteiger partial charge in [-0.05, 0) is 25.3 Å². The third kappa shape index (κ3) is 2.91. The first-order valence-corrected chi connectivity index (χ1v) is 9.92. The van der Waals surface area contributed by atoms with Crippen molar-refractivity contribution in [2.75, 3.05) is 11.4 Å². The first-order chi connectivity index (χ1) is 13.6. The van der Waals surface area contributed by atoms with Gasteiger partial charge in [-0.15, -0.1) is 0 Å². The molecular weight excluding hydrogens is 384 g/mol. The fourth-order valence-electron chi connectivity index (χ4n) is 4.63. The van der Waals surface area contributed by atoms with Crippen molar-refractivity contribution < 1.29 is 17.6 Å². The molecule has 2 aromatic rings. The Morgan fingerprint density at radius 1 is 1.07 bits per heavy atom. The number of benzene rings is 1. The molecule has 5 rings (SSSR count). The van der Waals surface area contributed by atoms with Crippen molar-refractivity contribution in [3.63, 3.8) is 0 Å². The van der Waals surface area contributed by atoms with E-state index in [9.17, 15) is 17.6 Å². The molecule has 8 heteroatoms. The van der Waals surface area contributed by atoms with Crippen molar-refractivity contribution in [2.24, 2.45) is 5.73 Å². The summed E-state index contributed by atoms with van der Waals surface area (Å²) in [5, 5.41) is 0. The molecule has 2 heterocycles. The molecule has 29 heavy (non-hydrogen) atoms. The Morgan fingerprint density at radius 2 is 1.76 bits per heavy atom. The summed E-state index contributed by atoms with van der Waals surface area (Å²) in [6.45, 7) is 2.76. The fraction of sp³-hybridized carbons (Fsp3) is 0.524. The zero-order chi connectivity index (χ0) is 20.6. The molecule has 1 saturated carbocycles. The summed E-state index contributed by atoms with van der Waals surface area (Å²) < 4.78 is 55.5. The lowest BCUT2D eigenvalue weighted by atomic mass is 9.70. The van der Waals surface area contributed by atoms with Crippen LogP contribution >= 0.6 is 0 Å². The molecule has 4 nitrogen and oxygen atoms in total. The van der Waals surface area contributed by atoms with Gasteiger partial charge in [0.2, 0.25) is 5.95 Å². The maximum atomic E-state index is 14.4. The molecule has 154 valence electrons. The zero-order valence-electron chi connectivity index (χ0n) is 16.1. The molecule has 0 amide bonds. The Morgan fingerprint density at radius 3 is 2.31 bits per heavy atom. The molecule has 0 unspecified atom stereocenters. The van der Waals surface area contributed by atoms with Crippen LogP contribution in [0, 0.1) is 0 Å².